The van der Waals surface area contributed by atoms with Crippen LogP contribution in [0.4, 0.5) is 5.69 Å². The number of amides is 2. The average molecular weight is 329 g/mol. The van der Waals surface area contributed by atoms with Gasteiger partial charge in [0.25, 0.3) is 0 Å². The molecule has 0 radical (unpaired) electrons. The largest absolute Gasteiger partial charge is 0.339 e. The molecule has 0 bridgehead atoms. The highest BCUT2D eigenvalue weighted by Crippen LogP contribution is 2.48. The number of hydrogen-bond donors (Lipinski definition) is 1. The maximum absolute atomic E-state index is 12.9. The maximum Gasteiger partial charge on any atom is 0.240 e. The third-order valence-electron chi connectivity index (χ3n) is 5.30. The summed E-state index contributed by atoms with van der Waals surface area (Å²) < 4.78 is 0. The molecule has 2 amide bonds. The fraction of sp³-hybridized carbons (Fsp3) is 0.579. The van der Waals surface area contributed by atoms with Crippen LogP contribution in [0.25, 0.3) is 0 Å². The highest BCUT2D eigenvalue weighted by atomic mass is 16.2. The Balaban J connectivity index is 1.74. The molecule has 1 aliphatic heterocycles. The van der Waals surface area contributed by atoms with Gasteiger partial charge in [0.2, 0.25) is 11.8 Å². The van der Waals surface area contributed by atoms with E-state index < -0.39 is 5.41 Å². The van der Waals surface area contributed by atoms with E-state index in [9.17, 15) is 9.59 Å². The second kappa shape index (κ2) is 6.20. The third kappa shape index (κ3) is 3.05. The van der Waals surface area contributed by atoms with E-state index in [1.165, 1.54) is 5.56 Å². The second-order valence-corrected chi connectivity index (χ2v) is 7.41. The molecule has 0 aromatic heterocycles. The lowest BCUT2D eigenvalue weighted by molar-refractivity contribution is -0.143. The van der Waals surface area contributed by atoms with Crippen molar-refractivity contribution in [3.8, 4) is 0 Å². The first kappa shape index (κ1) is 17.0. The van der Waals surface area contributed by atoms with Crippen molar-refractivity contribution in [2.75, 3.05) is 38.5 Å². The lowest BCUT2D eigenvalue weighted by atomic mass is 10.0. The molecule has 1 heterocycles. The Morgan fingerprint density at radius 1 is 1.00 bits per heavy atom. The predicted molar refractivity (Wildman–Crippen MR) is 95.0 cm³/mol. The Kier molecular flexibility index (Phi) is 4.38. The zero-order chi connectivity index (χ0) is 17.5. The Morgan fingerprint density at radius 3 is 2.04 bits per heavy atom. The Labute approximate surface area is 144 Å². The molecule has 24 heavy (non-hydrogen) atoms. The van der Waals surface area contributed by atoms with E-state index in [1.54, 1.807) is 0 Å². The summed E-state index contributed by atoms with van der Waals surface area (Å²) in [6.07, 6.45) is 1.32. The van der Waals surface area contributed by atoms with Gasteiger partial charge in [-0.15, -0.1) is 0 Å². The SMILES string of the molecule is Cc1cc(C)c(NC(=O)C2(C(=O)N3CCN(C)CC3)CC2)c(C)c1. The number of carbonyl (C=O) groups is 2. The molecule has 3 rings (SSSR count). The number of nitrogens with one attached hydrogen (secondary N) is 1. The summed E-state index contributed by atoms with van der Waals surface area (Å²) in [4.78, 5) is 29.8. The normalized spacial score (nSPS) is 19.9. The number of nitrogens with zero attached hydrogens (tertiary/aromatic N) is 2. The number of carbonyl (C=O) groups excluding carboxylic acids is 2. The van der Waals surface area contributed by atoms with Crippen LogP contribution in [-0.2, 0) is 9.59 Å². The fourth-order valence-electron chi connectivity index (χ4n) is 3.59. The van der Waals surface area contributed by atoms with Gasteiger partial charge in [-0.2, -0.15) is 0 Å². The van der Waals surface area contributed by atoms with Crippen LogP contribution < -0.4 is 5.32 Å². The smallest absolute Gasteiger partial charge is 0.240 e. The summed E-state index contributed by atoms with van der Waals surface area (Å²) in [5.41, 5.74) is 3.28. The van der Waals surface area contributed by atoms with Gasteiger partial charge in [0, 0.05) is 31.9 Å². The summed E-state index contributed by atoms with van der Waals surface area (Å²) in [5, 5.41) is 3.04. The average Bonchev–Trinajstić information content (AvgIpc) is 3.32. The van der Waals surface area contributed by atoms with Gasteiger partial charge in [0.1, 0.15) is 5.41 Å². The zero-order valence-corrected chi connectivity index (χ0v) is 15.1. The first-order valence-corrected chi connectivity index (χ1v) is 8.71. The van der Waals surface area contributed by atoms with E-state index >= 15 is 0 Å². The number of aryl methyl sites for hydroxylation is 3. The minimum absolute atomic E-state index is 0.00974. The van der Waals surface area contributed by atoms with Crippen molar-refractivity contribution < 1.29 is 9.59 Å². The lowest BCUT2D eigenvalue weighted by Crippen LogP contribution is -2.51. The number of rotatable bonds is 3. The fourth-order valence-corrected chi connectivity index (χ4v) is 3.59. The van der Waals surface area contributed by atoms with Crippen LogP contribution in [0.15, 0.2) is 12.1 Å². The van der Waals surface area contributed by atoms with E-state index in [4.69, 9.17) is 0 Å². The molecule has 1 aromatic carbocycles. The minimum atomic E-state index is -0.834. The van der Waals surface area contributed by atoms with Crippen LogP contribution in [0.1, 0.15) is 29.5 Å². The van der Waals surface area contributed by atoms with Crippen molar-refractivity contribution in [2.45, 2.75) is 33.6 Å². The summed E-state index contributed by atoms with van der Waals surface area (Å²) in [7, 11) is 2.06. The standard InChI is InChI=1S/C19H27N3O2/c1-13-11-14(2)16(15(3)12-13)20-17(23)19(5-6-19)18(24)22-9-7-21(4)8-10-22/h11-12H,5-10H2,1-4H3,(H,20,23). The van der Waals surface area contributed by atoms with Crippen LogP contribution in [0.5, 0.6) is 0 Å². The van der Waals surface area contributed by atoms with E-state index in [0.29, 0.717) is 25.9 Å². The maximum atomic E-state index is 12.9. The van der Waals surface area contributed by atoms with Crippen molar-refractivity contribution in [3.63, 3.8) is 0 Å². The Morgan fingerprint density at radius 2 is 1.54 bits per heavy atom. The summed E-state index contributed by atoms with van der Waals surface area (Å²) in [5.74, 6) is -0.128. The van der Waals surface area contributed by atoms with Crippen LogP contribution in [0.2, 0.25) is 0 Å². The summed E-state index contributed by atoms with van der Waals surface area (Å²) in [6.45, 7) is 9.22. The molecule has 5 heteroatoms. The highest BCUT2D eigenvalue weighted by molar-refractivity contribution is 6.13. The molecule has 130 valence electrons. The van der Waals surface area contributed by atoms with E-state index in [0.717, 1.165) is 29.9 Å². The van der Waals surface area contributed by atoms with Gasteiger partial charge in [0.15, 0.2) is 0 Å². The van der Waals surface area contributed by atoms with Gasteiger partial charge < -0.3 is 15.1 Å². The predicted octanol–water partition coefficient (Wildman–Crippen LogP) is 2.10. The molecule has 1 saturated carbocycles. The van der Waals surface area contributed by atoms with Crippen molar-refractivity contribution in [1.29, 1.82) is 0 Å². The van der Waals surface area contributed by atoms with Gasteiger partial charge in [-0.25, -0.2) is 0 Å². The monoisotopic (exact) mass is 329 g/mol. The second-order valence-electron chi connectivity index (χ2n) is 7.41. The first-order chi connectivity index (χ1) is 11.3. The molecule has 0 unspecified atom stereocenters. The van der Waals surface area contributed by atoms with Gasteiger partial charge in [-0.1, -0.05) is 17.7 Å². The molecule has 1 aromatic rings. The number of piperazine rings is 1. The number of anilines is 1. The van der Waals surface area contributed by atoms with E-state index in [-0.39, 0.29) is 11.8 Å². The molecule has 2 aliphatic rings. The quantitative estimate of drug-likeness (QED) is 0.864. The molecule has 5 nitrogen and oxygen atoms in total. The van der Waals surface area contributed by atoms with Crippen LogP contribution in [0.3, 0.4) is 0 Å². The van der Waals surface area contributed by atoms with Gasteiger partial charge in [-0.3, -0.25) is 9.59 Å². The van der Waals surface area contributed by atoms with Gasteiger partial charge in [-0.05, 0) is 51.8 Å². The Hall–Kier alpha value is -1.88. The lowest BCUT2D eigenvalue weighted by Gasteiger charge is -2.34. The van der Waals surface area contributed by atoms with Crippen molar-refractivity contribution in [2.24, 2.45) is 5.41 Å². The summed E-state index contributed by atoms with van der Waals surface area (Å²) >= 11 is 0. The van der Waals surface area contributed by atoms with Crippen LogP contribution >= 0.6 is 0 Å². The topological polar surface area (TPSA) is 52.7 Å². The zero-order valence-electron chi connectivity index (χ0n) is 15.1. The number of hydrogen-bond acceptors (Lipinski definition) is 3. The Bertz CT molecular complexity index is 648. The van der Waals surface area contributed by atoms with Gasteiger partial charge in [0.05, 0.1) is 0 Å². The number of benzene rings is 1. The number of likely N-dealkylation sites (N-methyl/N-ethyl adjacent to an activating group) is 1. The first-order valence-electron chi connectivity index (χ1n) is 8.71. The molecule has 1 N–H and O–H groups in total. The van der Waals surface area contributed by atoms with Crippen molar-refractivity contribution >= 4 is 17.5 Å². The van der Waals surface area contributed by atoms with Crippen molar-refractivity contribution in [1.82, 2.24) is 9.80 Å². The van der Waals surface area contributed by atoms with E-state index in [2.05, 4.69) is 29.4 Å². The van der Waals surface area contributed by atoms with Crippen LogP contribution in [-0.4, -0.2) is 54.8 Å². The van der Waals surface area contributed by atoms with Crippen LogP contribution in [0, 0.1) is 26.2 Å². The molecule has 1 aliphatic carbocycles. The molecule has 0 spiro atoms. The summed E-state index contributed by atoms with van der Waals surface area (Å²) in [6, 6.07) is 4.12. The highest BCUT2D eigenvalue weighted by Gasteiger charge is 2.58. The minimum Gasteiger partial charge on any atom is -0.339 e. The molecule has 0 atom stereocenters. The van der Waals surface area contributed by atoms with Gasteiger partial charge >= 0.3 is 0 Å². The molecule has 1 saturated heterocycles. The molecular formula is C19H27N3O2. The van der Waals surface area contributed by atoms with E-state index in [1.807, 2.05) is 25.7 Å². The molecular weight excluding hydrogens is 302 g/mol. The molecule has 2 fully saturated rings. The van der Waals surface area contributed by atoms with Crippen molar-refractivity contribution in [3.05, 3.63) is 28.8 Å². The third-order valence-corrected chi connectivity index (χ3v) is 5.30.